The van der Waals surface area contributed by atoms with E-state index < -0.39 is 18.5 Å². The number of para-hydroxylation sites is 1. The molecule has 1 N–H and O–H groups in total. The monoisotopic (exact) mass is 461 g/mol. The second kappa shape index (κ2) is 8.84. The average Bonchev–Trinajstić information content (AvgIpc) is 2.79. The Labute approximate surface area is 181 Å². The Bertz CT molecular complexity index is 1210. The van der Waals surface area contributed by atoms with Crippen LogP contribution in [0.5, 0.6) is 0 Å². The first-order chi connectivity index (χ1) is 14.6. The summed E-state index contributed by atoms with van der Waals surface area (Å²) in [5.41, 5.74) is 2.79. The number of pyridine rings is 2. The molecule has 0 saturated heterocycles. The first-order valence-corrected chi connectivity index (χ1v) is 9.93. The van der Waals surface area contributed by atoms with Gasteiger partial charge in [0.05, 0.1) is 22.5 Å². The number of nitrogens with one attached hydrogen (secondary N) is 1. The summed E-state index contributed by atoms with van der Waals surface area (Å²) in [6.07, 6.45) is 1.66. The van der Waals surface area contributed by atoms with Gasteiger partial charge in [-0.1, -0.05) is 40.2 Å². The van der Waals surface area contributed by atoms with Crippen LogP contribution in [0.1, 0.15) is 10.4 Å². The second-order valence-electron chi connectivity index (χ2n) is 6.42. The molecule has 4 rings (SSSR count). The standard InChI is InChI=1S/C23H16BrN3O3/c24-15-8-10-16(11-9-15)26-22(28)14-30-23(29)18-13-21(20-7-3-4-12-25-20)27-19-6-2-1-5-17(18)19/h1-13H,14H2,(H,26,28). The highest BCUT2D eigenvalue weighted by Crippen LogP contribution is 2.24. The number of benzene rings is 2. The van der Waals surface area contributed by atoms with Crippen molar-refractivity contribution < 1.29 is 14.3 Å². The van der Waals surface area contributed by atoms with Crippen LogP contribution in [0.3, 0.4) is 0 Å². The highest BCUT2D eigenvalue weighted by Gasteiger charge is 2.17. The lowest BCUT2D eigenvalue weighted by atomic mass is 10.1. The van der Waals surface area contributed by atoms with Crippen molar-refractivity contribution in [1.29, 1.82) is 0 Å². The molecule has 1 amide bonds. The van der Waals surface area contributed by atoms with Crippen LogP contribution in [0.25, 0.3) is 22.3 Å². The third kappa shape index (κ3) is 4.52. The van der Waals surface area contributed by atoms with E-state index in [2.05, 4.69) is 31.2 Å². The number of aromatic nitrogens is 2. The van der Waals surface area contributed by atoms with Gasteiger partial charge in [0, 0.05) is 21.7 Å². The van der Waals surface area contributed by atoms with Crippen molar-refractivity contribution in [2.45, 2.75) is 0 Å². The quantitative estimate of drug-likeness (QED) is 0.429. The van der Waals surface area contributed by atoms with E-state index in [-0.39, 0.29) is 0 Å². The zero-order valence-corrected chi connectivity index (χ0v) is 17.3. The van der Waals surface area contributed by atoms with Gasteiger partial charge in [0.1, 0.15) is 0 Å². The third-order valence-corrected chi connectivity index (χ3v) is 4.85. The number of halogens is 1. The molecule has 2 heterocycles. The molecule has 0 spiro atoms. The number of nitrogens with zero attached hydrogens (tertiary/aromatic N) is 2. The molecule has 2 aromatic heterocycles. The van der Waals surface area contributed by atoms with Crippen molar-refractivity contribution in [2.75, 3.05) is 11.9 Å². The SMILES string of the molecule is O=C(COC(=O)c1cc(-c2ccccn2)nc2ccccc12)Nc1ccc(Br)cc1. The van der Waals surface area contributed by atoms with E-state index in [1.165, 1.54) is 0 Å². The van der Waals surface area contributed by atoms with Crippen LogP contribution >= 0.6 is 15.9 Å². The summed E-state index contributed by atoms with van der Waals surface area (Å²) < 4.78 is 6.18. The molecule has 0 radical (unpaired) electrons. The molecule has 0 aliphatic rings. The number of fused-ring (bicyclic) bond motifs is 1. The van der Waals surface area contributed by atoms with Crippen molar-refractivity contribution in [1.82, 2.24) is 9.97 Å². The third-order valence-electron chi connectivity index (χ3n) is 4.33. The minimum absolute atomic E-state index is 0.331. The normalized spacial score (nSPS) is 10.6. The molecule has 148 valence electrons. The van der Waals surface area contributed by atoms with Gasteiger partial charge in [-0.15, -0.1) is 0 Å². The Morgan fingerprint density at radius 1 is 0.933 bits per heavy atom. The molecule has 0 aliphatic heterocycles. The lowest BCUT2D eigenvalue weighted by Crippen LogP contribution is -2.21. The largest absolute Gasteiger partial charge is 0.452 e. The topological polar surface area (TPSA) is 81.2 Å². The van der Waals surface area contributed by atoms with Crippen LogP contribution in [0.4, 0.5) is 5.69 Å². The molecule has 6 nitrogen and oxygen atoms in total. The molecule has 0 atom stereocenters. The summed E-state index contributed by atoms with van der Waals surface area (Å²) in [4.78, 5) is 33.8. The van der Waals surface area contributed by atoms with Gasteiger partial charge >= 0.3 is 5.97 Å². The van der Waals surface area contributed by atoms with Crippen LogP contribution in [0.2, 0.25) is 0 Å². The first-order valence-electron chi connectivity index (χ1n) is 9.14. The van der Waals surface area contributed by atoms with E-state index in [9.17, 15) is 9.59 Å². The Kier molecular flexibility index (Phi) is 5.81. The van der Waals surface area contributed by atoms with E-state index in [4.69, 9.17) is 4.74 Å². The maximum Gasteiger partial charge on any atom is 0.339 e. The van der Waals surface area contributed by atoms with Gasteiger partial charge in [0.25, 0.3) is 5.91 Å². The Balaban J connectivity index is 1.55. The summed E-state index contributed by atoms with van der Waals surface area (Å²) in [5, 5.41) is 3.34. The van der Waals surface area contributed by atoms with Crippen molar-refractivity contribution in [3.63, 3.8) is 0 Å². The molecule has 0 fully saturated rings. The Morgan fingerprint density at radius 3 is 2.47 bits per heavy atom. The van der Waals surface area contributed by atoms with Gasteiger partial charge in [0.15, 0.2) is 6.61 Å². The highest BCUT2D eigenvalue weighted by atomic mass is 79.9. The lowest BCUT2D eigenvalue weighted by molar-refractivity contribution is -0.119. The molecule has 7 heteroatoms. The second-order valence-corrected chi connectivity index (χ2v) is 7.33. The first kappa shape index (κ1) is 19.7. The Hall–Kier alpha value is -3.58. The summed E-state index contributed by atoms with van der Waals surface area (Å²) in [6.45, 7) is -0.398. The van der Waals surface area contributed by atoms with Gasteiger partial charge in [-0.05, 0) is 48.5 Å². The molecule has 0 bridgehead atoms. The fourth-order valence-electron chi connectivity index (χ4n) is 2.93. The maximum atomic E-state index is 12.8. The number of amides is 1. The zero-order chi connectivity index (χ0) is 20.9. The van der Waals surface area contributed by atoms with Gasteiger partial charge in [-0.2, -0.15) is 0 Å². The fourth-order valence-corrected chi connectivity index (χ4v) is 3.19. The van der Waals surface area contributed by atoms with Gasteiger partial charge in [-0.25, -0.2) is 9.78 Å². The number of carbonyl (C=O) groups is 2. The number of ether oxygens (including phenoxy) is 1. The minimum Gasteiger partial charge on any atom is -0.452 e. The fraction of sp³-hybridized carbons (Fsp3) is 0.0435. The smallest absolute Gasteiger partial charge is 0.339 e. The van der Waals surface area contributed by atoms with Crippen LogP contribution in [0, 0.1) is 0 Å². The molecule has 4 aromatic rings. The number of hydrogen-bond donors (Lipinski definition) is 1. The summed E-state index contributed by atoms with van der Waals surface area (Å²) in [7, 11) is 0. The minimum atomic E-state index is -0.600. The van der Waals surface area contributed by atoms with Gasteiger partial charge < -0.3 is 10.1 Å². The molecule has 0 aliphatic carbocycles. The van der Waals surface area contributed by atoms with E-state index in [0.717, 1.165) is 4.47 Å². The van der Waals surface area contributed by atoms with Crippen molar-refractivity contribution >= 4 is 44.4 Å². The zero-order valence-electron chi connectivity index (χ0n) is 15.7. The van der Waals surface area contributed by atoms with Crippen LogP contribution in [-0.4, -0.2) is 28.5 Å². The molecular formula is C23H16BrN3O3. The molecule has 30 heavy (non-hydrogen) atoms. The molecule has 2 aromatic carbocycles. The average molecular weight is 462 g/mol. The predicted octanol–water partition coefficient (Wildman–Crippen LogP) is 4.85. The summed E-state index contributed by atoms with van der Waals surface area (Å²) in [6, 6.07) is 21.5. The molecular weight excluding hydrogens is 446 g/mol. The van der Waals surface area contributed by atoms with E-state index in [0.29, 0.717) is 33.5 Å². The van der Waals surface area contributed by atoms with Gasteiger partial charge in [-0.3, -0.25) is 9.78 Å². The van der Waals surface area contributed by atoms with Crippen LogP contribution < -0.4 is 5.32 Å². The lowest BCUT2D eigenvalue weighted by Gasteiger charge is -2.10. The van der Waals surface area contributed by atoms with Crippen LogP contribution in [0.15, 0.2) is 83.5 Å². The van der Waals surface area contributed by atoms with E-state index in [1.807, 2.05) is 48.5 Å². The van der Waals surface area contributed by atoms with Gasteiger partial charge in [0.2, 0.25) is 0 Å². The molecule has 0 unspecified atom stereocenters. The van der Waals surface area contributed by atoms with E-state index in [1.54, 1.807) is 30.5 Å². The van der Waals surface area contributed by atoms with Crippen molar-refractivity contribution in [2.24, 2.45) is 0 Å². The van der Waals surface area contributed by atoms with Crippen molar-refractivity contribution in [3.8, 4) is 11.4 Å². The predicted molar refractivity (Wildman–Crippen MR) is 118 cm³/mol. The number of rotatable bonds is 5. The summed E-state index contributed by atoms with van der Waals surface area (Å²) in [5.74, 6) is -1.02. The summed E-state index contributed by atoms with van der Waals surface area (Å²) >= 11 is 3.34. The number of hydrogen-bond acceptors (Lipinski definition) is 5. The Morgan fingerprint density at radius 2 is 1.70 bits per heavy atom. The number of carbonyl (C=O) groups excluding carboxylic acids is 2. The van der Waals surface area contributed by atoms with Crippen molar-refractivity contribution in [3.05, 3.63) is 89.0 Å². The highest BCUT2D eigenvalue weighted by molar-refractivity contribution is 9.10. The number of anilines is 1. The molecule has 0 saturated carbocycles. The van der Waals surface area contributed by atoms with Crippen LogP contribution in [-0.2, 0) is 9.53 Å². The van der Waals surface area contributed by atoms with E-state index >= 15 is 0 Å². The number of esters is 1. The maximum absolute atomic E-state index is 12.8.